The van der Waals surface area contributed by atoms with E-state index in [9.17, 15) is 13.2 Å². The van der Waals surface area contributed by atoms with Crippen LogP contribution in [0.1, 0.15) is 10.4 Å². The molecule has 4 rings (SSSR count). The maximum Gasteiger partial charge on any atom is 0.256 e. The zero-order valence-electron chi connectivity index (χ0n) is 18.7. The lowest BCUT2D eigenvalue weighted by Gasteiger charge is -2.14. The van der Waals surface area contributed by atoms with Crippen LogP contribution in [-0.2, 0) is 9.84 Å². The van der Waals surface area contributed by atoms with E-state index in [1.807, 2.05) is 12.1 Å². The van der Waals surface area contributed by atoms with Crippen LogP contribution in [-0.4, -0.2) is 32.7 Å². The molecular formula is C26H20Cl2N2O4S. The Morgan fingerprint density at radius 3 is 2.43 bits per heavy atom. The van der Waals surface area contributed by atoms with Crippen molar-refractivity contribution >= 4 is 44.6 Å². The first-order valence-electron chi connectivity index (χ1n) is 10.4. The first kappa shape index (κ1) is 24.7. The highest BCUT2D eigenvalue weighted by Gasteiger charge is 2.19. The van der Waals surface area contributed by atoms with Crippen LogP contribution in [0.15, 0.2) is 83.9 Å². The molecular weight excluding hydrogens is 507 g/mol. The number of carbonyl (C=O) groups excluding carboxylic acids is 1. The number of nitrogens with zero attached hydrogens (tertiary/aromatic N) is 1. The van der Waals surface area contributed by atoms with Crippen molar-refractivity contribution in [3.8, 4) is 28.1 Å². The van der Waals surface area contributed by atoms with Crippen molar-refractivity contribution in [1.29, 1.82) is 0 Å². The smallest absolute Gasteiger partial charge is 0.256 e. The standard InChI is InChI=1S/C26H20Cl2N2O4S/c1-34-19-12-16(11-17(27)13-19)22-15-20(35(2,32)33)7-8-21(22)26(31)30-18-6-9-24(28)23(14-18)25-5-3-4-10-29-25/h3-15H,1-2H3,(H,30,31). The number of amides is 1. The summed E-state index contributed by atoms with van der Waals surface area (Å²) in [6, 6.07) is 19.8. The summed E-state index contributed by atoms with van der Waals surface area (Å²) in [5.74, 6) is 0.0367. The predicted molar refractivity (Wildman–Crippen MR) is 139 cm³/mol. The van der Waals surface area contributed by atoms with Crippen LogP contribution in [0.2, 0.25) is 10.0 Å². The van der Waals surface area contributed by atoms with Gasteiger partial charge in [-0.3, -0.25) is 9.78 Å². The number of methoxy groups -OCH3 is 1. The number of nitrogens with one attached hydrogen (secondary N) is 1. The first-order chi connectivity index (χ1) is 16.7. The number of halogens is 2. The van der Waals surface area contributed by atoms with Gasteiger partial charge >= 0.3 is 0 Å². The monoisotopic (exact) mass is 526 g/mol. The van der Waals surface area contributed by atoms with Crippen molar-refractivity contribution < 1.29 is 17.9 Å². The second-order valence-electron chi connectivity index (χ2n) is 7.72. The molecule has 1 N–H and O–H groups in total. The van der Waals surface area contributed by atoms with E-state index < -0.39 is 15.7 Å². The topological polar surface area (TPSA) is 85.4 Å². The van der Waals surface area contributed by atoms with Crippen molar-refractivity contribution in [3.63, 3.8) is 0 Å². The molecule has 0 saturated heterocycles. The summed E-state index contributed by atoms with van der Waals surface area (Å²) in [4.78, 5) is 17.8. The summed E-state index contributed by atoms with van der Waals surface area (Å²) in [5.41, 5.74) is 3.02. The number of anilines is 1. The molecule has 0 saturated carbocycles. The number of rotatable bonds is 6. The summed E-state index contributed by atoms with van der Waals surface area (Å²) < 4.78 is 29.7. The van der Waals surface area contributed by atoms with Gasteiger partial charge in [0.1, 0.15) is 5.75 Å². The molecule has 1 amide bonds. The molecule has 0 bridgehead atoms. The molecule has 0 spiro atoms. The van der Waals surface area contributed by atoms with Crippen molar-refractivity contribution in [1.82, 2.24) is 4.98 Å². The molecule has 1 aromatic heterocycles. The normalized spacial score (nSPS) is 11.2. The number of benzene rings is 3. The van der Waals surface area contributed by atoms with Crippen LogP contribution < -0.4 is 10.1 Å². The molecule has 0 aliphatic heterocycles. The predicted octanol–water partition coefficient (Wildman–Crippen LogP) is 6.39. The molecule has 0 radical (unpaired) electrons. The van der Waals surface area contributed by atoms with Gasteiger partial charge in [-0.05, 0) is 77.9 Å². The third-order valence-electron chi connectivity index (χ3n) is 5.25. The van der Waals surface area contributed by atoms with Gasteiger partial charge in [0.25, 0.3) is 5.91 Å². The van der Waals surface area contributed by atoms with Crippen LogP contribution in [0, 0.1) is 0 Å². The quantitative estimate of drug-likeness (QED) is 0.314. The van der Waals surface area contributed by atoms with Gasteiger partial charge in [0, 0.05) is 34.3 Å². The van der Waals surface area contributed by atoms with E-state index in [0.29, 0.717) is 43.9 Å². The maximum atomic E-state index is 13.4. The maximum absolute atomic E-state index is 13.4. The summed E-state index contributed by atoms with van der Waals surface area (Å²) in [7, 11) is -2.02. The van der Waals surface area contributed by atoms with Crippen LogP contribution in [0.25, 0.3) is 22.4 Å². The van der Waals surface area contributed by atoms with E-state index >= 15 is 0 Å². The molecule has 35 heavy (non-hydrogen) atoms. The van der Waals surface area contributed by atoms with Gasteiger partial charge in [0.05, 0.1) is 22.7 Å². The number of ether oxygens (including phenoxy) is 1. The van der Waals surface area contributed by atoms with Crippen molar-refractivity contribution in [2.24, 2.45) is 0 Å². The number of hydrogen-bond donors (Lipinski definition) is 1. The second-order valence-corrected chi connectivity index (χ2v) is 10.6. The third-order valence-corrected chi connectivity index (χ3v) is 6.90. The highest BCUT2D eigenvalue weighted by molar-refractivity contribution is 7.90. The van der Waals surface area contributed by atoms with E-state index in [1.165, 1.54) is 25.3 Å². The minimum Gasteiger partial charge on any atom is -0.497 e. The van der Waals surface area contributed by atoms with Crippen LogP contribution in [0.5, 0.6) is 5.75 Å². The van der Waals surface area contributed by atoms with Crippen molar-refractivity contribution in [2.75, 3.05) is 18.7 Å². The Bertz CT molecular complexity index is 1520. The number of sulfone groups is 1. The van der Waals surface area contributed by atoms with E-state index in [-0.39, 0.29) is 10.5 Å². The fourth-order valence-corrected chi connectivity index (χ4v) is 4.63. The summed E-state index contributed by atoms with van der Waals surface area (Å²) >= 11 is 12.6. The van der Waals surface area contributed by atoms with Gasteiger partial charge in [0.2, 0.25) is 0 Å². The molecule has 0 aliphatic carbocycles. The number of hydrogen-bond acceptors (Lipinski definition) is 5. The number of aromatic nitrogens is 1. The molecule has 3 aromatic carbocycles. The lowest BCUT2D eigenvalue weighted by molar-refractivity contribution is 0.102. The van der Waals surface area contributed by atoms with Crippen LogP contribution in [0.4, 0.5) is 5.69 Å². The molecule has 6 nitrogen and oxygen atoms in total. The van der Waals surface area contributed by atoms with Gasteiger partial charge in [-0.15, -0.1) is 0 Å². The van der Waals surface area contributed by atoms with E-state index in [2.05, 4.69) is 10.3 Å². The van der Waals surface area contributed by atoms with E-state index in [1.54, 1.807) is 48.7 Å². The highest BCUT2D eigenvalue weighted by atomic mass is 35.5. The highest BCUT2D eigenvalue weighted by Crippen LogP contribution is 2.34. The Kier molecular flexibility index (Phi) is 7.12. The molecule has 0 fully saturated rings. The molecule has 1 heterocycles. The SMILES string of the molecule is COc1cc(Cl)cc(-c2cc(S(C)(=O)=O)ccc2C(=O)Nc2ccc(Cl)c(-c3ccccn3)c2)c1. The Morgan fingerprint density at radius 1 is 0.943 bits per heavy atom. The fourth-order valence-electron chi connectivity index (χ4n) is 3.55. The Hall–Kier alpha value is -3.39. The van der Waals surface area contributed by atoms with Gasteiger partial charge < -0.3 is 10.1 Å². The van der Waals surface area contributed by atoms with E-state index in [4.69, 9.17) is 27.9 Å². The zero-order valence-corrected chi connectivity index (χ0v) is 21.1. The van der Waals surface area contributed by atoms with Crippen LogP contribution >= 0.6 is 23.2 Å². The molecule has 0 unspecified atom stereocenters. The second kappa shape index (κ2) is 10.1. The molecule has 0 atom stereocenters. The van der Waals surface area contributed by atoms with Gasteiger partial charge in [-0.1, -0.05) is 29.3 Å². The minimum absolute atomic E-state index is 0.0759. The van der Waals surface area contributed by atoms with Crippen molar-refractivity contribution in [2.45, 2.75) is 4.90 Å². The Labute approximate surface area is 213 Å². The fraction of sp³-hybridized carbons (Fsp3) is 0.0769. The first-order valence-corrected chi connectivity index (χ1v) is 13.0. The minimum atomic E-state index is -3.52. The third kappa shape index (κ3) is 5.65. The molecule has 0 aliphatic rings. The average molecular weight is 527 g/mol. The summed E-state index contributed by atoms with van der Waals surface area (Å²) in [6.07, 6.45) is 2.77. The van der Waals surface area contributed by atoms with Gasteiger partial charge in [-0.2, -0.15) is 0 Å². The summed E-state index contributed by atoms with van der Waals surface area (Å²) in [5, 5.41) is 3.74. The lowest BCUT2D eigenvalue weighted by Crippen LogP contribution is -2.14. The lowest BCUT2D eigenvalue weighted by atomic mass is 9.98. The van der Waals surface area contributed by atoms with Gasteiger partial charge in [-0.25, -0.2) is 8.42 Å². The summed E-state index contributed by atoms with van der Waals surface area (Å²) in [6.45, 7) is 0. The average Bonchev–Trinajstić information content (AvgIpc) is 2.84. The molecule has 9 heteroatoms. The Morgan fingerprint density at radius 2 is 1.74 bits per heavy atom. The zero-order chi connectivity index (χ0) is 25.2. The molecule has 4 aromatic rings. The van der Waals surface area contributed by atoms with E-state index in [0.717, 1.165) is 6.26 Å². The van der Waals surface area contributed by atoms with Crippen LogP contribution in [0.3, 0.4) is 0 Å². The van der Waals surface area contributed by atoms with Crippen molar-refractivity contribution in [3.05, 3.63) is 94.6 Å². The Balaban J connectivity index is 1.77. The largest absolute Gasteiger partial charge is 0.497 e. The number of pyridine rings is 1. The number of carbonyl (C=O) groups is 1. The van der Waals surface area contributed by atoms with Gasteiger partial charge in [0.15, 0.2) is 9.84 Å². The molecule has 178 valence electrons.